The van der Waals surface area contributed by atoms with Crippen molar-refractivity contribution in [3.05, 3.63) is 59.2 Å². The number of carbonyl (C=O) groups excluding carboxylic acids is 1. The third-order valence-electron chi connectivity index (χ3n) is 5.52. The number of aryl methyl sites for hydroxylation is 2. The van der Waals surface area contributed by atoms with Crippen LogP contribution in [0.25, 0.3) is 0 Å². The quantitative estimate of drug-likeness (QED) is 0.651. The first-order chi connectivity index (χ1) is 13.6. The molecule has 0 radical (unpaired) electrons. The molecule has 28 heavy (non-hydrogen) atoms. The van der Waals surface area contributed by atoms with E-state index in [2.05, 4.69) is 54.0 Å². The molecule has 150 valence electrons. The van der Waals surface area contributed by atoms with Gasteiger partial charge in [0.05, 0.1) is 7.11 Å². The largest absolute Gasteiger partial charge is 0.497 e. The number of rotatable bonds is 8. The van der Waals surface area contributed by atoms with E-state index in [0.29, 0.717) is 6.47 Å². The first-order valence-corrected chi connectivity index (χ1v) is 9.88. The summed E-state index contributed by atoms with van der Waals surface area (Å²) >= 11 is 0. The Bertz CT molecular complexity index is 768. The highest BCUT2D eigenvalue weighted by molar-refractivity contribution is 5.49. The number of hydrogen-bond acceptors (Lipinski definition) is 5. The summed E-state index contributed by atoms with van der Waals surface area (Å²) in [6, 6.07) is 14.6. The van der Waals surface area contributed by atoms with Crippen molar-refractivity contribution < 1.29 is 14.3 Å². The zero-order valence-electron chi connectivity index (χ0n) is 17.1. The van der Waals surface area contributed by atoms with Crippen LogP contribution in [0.4, 0.5) is 5.69 Å². The molecule has 0 spiro atoms. The van der Waals surface area contributed by atoms with Gasteiger partial charge in [0, 0.05) is 44.8 Å². The van der Waals surface area contributed by atoms with Crippen molar-refractivity contribution >= 4 is 12.2 Å². The number of carbonyl (C=O) groups is 1. The second-order valence-corrected chi connectivity index (χ2v) is 7.40. The maximum atomic E-state index is 11.0. The Morgan fingerprint density at radius 2 is 1.75 bits per heavy atom. The van der Waals surface area contributed by atoms with Gasteiger partial charge in [-0.1, -0.05) is 23.8 Å². The molecule has 1 aliphatic rings. The van der Waals surface area contributed by atoms with E-state index >= 15 is 0 Å². The van der Waals surface area contributed by atoms with E-state index in [-0.39, 0.29) is 6.10 Å². The summed E-state index contributed by atoms with van der Waals surface area (Å²) < 4.78 is 10.7. The van der Waals surface area contributed by atoms with Crippen LogP contribution in [0.1, 0.15) is 29.2 Å². The van der Waals surface area contributed by atoms with Gasteiger partial charge < -0.3 is 14.4 Å². The van der Waals surface area contributed by atoms with E-state index in [0.717, 1.165) is 50.5 Å². The summed E-state index contributed by atoms with van der Waals surface area (Å²) in [5.41, 5.74) is 4.71. The fourth-order valence-electron chi connectivity index (χ4n) is 3.79. The molecule has 1 atom stereocenters. The average molecular weight is 383 g/mol. The molecule has 1 aliphatic heterocycles. The Morgan fingerprint density at radius 3 is 2.39 bits per heavy atom. The summed E-state index contributed by atoms with van der Waals surface area (Å²) in [5, 5.41) is 0. The normalized spacial score (nSPS) is 15.9. The Balaban J connectivity index is 1.54. The minimum absolute atomic E-state index is 0.183. The number of benzene rings is 2. The number of methoxy groups -OCH3 is 1. The second-order valence-electron chi connectivity index (χ2n) is 7.40. The second kappa shape index (κ2) is 9.60. The summed E-state index contributed by atoms with van der Waals surface area (Å²) in [4.78, 5) is 15.9. The molecular weight excluding hydrogens is 352 g/mol. The molecule has 0 aromatic heterocycles. The molecule has 1 fully saturated rings. The van der Waals surface area contributed by atoms with E-state index in [1.54, 1.807) is 7.11 Å². The monoisotopic (exact) mass is 382 g/mol. The van der Waals surface area contributed by atoms with Gasteiger partial charge in [0.15, 0.2) is 0 Å². The van der Waals surface area contributed by atoms with Crippen LogP contribution in [0.2, 0.25) is 0 Å². The van der Waals surface area contributed by atoms with Crippen molar-refractivity contribution in [1.82, 2.24) is 4.90 Å². The van der Waals surface area contributed by atoms with Gasteiger partial charge in [-0.2, -0.15) is 0 Å². The first-order valence-electron chi connectivity index (χ1n) is 9.88. The van der Waals surface area contributed by atoms with Crippen molar-refractivity contribution in [3.8, 4) is 5.75 Å². The van der Waals surface area contributed by atoms with Crippen LogP contribution in [-0.2, 0) is 9.53 Å². The predicted molar refractivity (Wildman–Crippen MR) is 112 cm³/mol. The molecule has 5 heteroatoms. The highest BCUT2D eigenvalue weighted by Gasteiger charge is 2.21. The van der Waals surface area contributed by atoms with Gasteiger partial charge in [-0.3, -0.25) is 9.69 Å². The number of nitrogens with zero attached hydrogens (tertiary/aromatic N) is 2. The minimum Gasteiger partial charge on any atom is -0.497 e. The molecular formula is C23H30N2O3. The van der Waals surface area contributed by atoms with Crippen LogP contribution in [0.5, 0.6) is 5.75 Å². The molecule has 0 amide bonds. The predicted octanol–water partition coefficient (Wildman–Crippen LogP) is 3.74. The molecule has 0 saturated carbocycles. The SMILES string of the molecule is COc1ccc(N2CCN(CCC(OC=O)c3cc(C)ccc3C)CC2)cc1. The van der Waals surface area contributed by atoms with Crippen molar-refractivity contribution in [2.24, 2.45) is 0 Å². The molecule has 5 nitrogen and oxygen atoms in total. The summed E-state index contributed by atoms with van der Waals surface area (Å²) in [6.45, 7) is 9.64. The van der Waals surface area contributed by atoms with E-state index in [1.165, 1.54) is 16.8 Å². The third kappa shape index (κ3) is 5.04. The number of ether oxygens (including phenoxy) is 2. The van der Waals surface area contributed by atoms with Crippen molar-refractivity contribution in [2.45, 2.75) is 26.4 Å². The fraction of sp³-hybridized carbons (Fsp3) is 0.435. The number of piperazine rings is 1. The third-order valence-corrected chi connectivity index (χ3v) is 5.52. The van der Waals surface area contributed by atoms with Gasteiger partial charge in [-0.05, 0) is 49.2 Å². The fourth-order valence-corrected chi connectivity index (χ4v) is 3.79. The molecule has 0 bridgehead atoms. The molecule has 0 N–H and O–H groups in total. The molecule has 1 heterocycles. The molecule has 1 unspecified atom stereocenters. The summed E-state index contributed by atoms with van der Waals surface area (Å²) in [7, 11) is 1.69. The van der Waals surface area contributed by atoms with Crippen LogP contribution in [0, 0.1) is 13.8 Å². The van der Waals surface area contributed by atoms with Crippen LogP contribution in [0.3, 0.4) is 0 Å². The lowest BCUT2D eigenvalue weighted by atomic mass is 9.98. The zero-order valence-corrected chi connectivity index (χ0v) is 17.1. The maximum absolute atomic E-state index is 11.0. The minimum atomic E-state index is -0.183. The smallest absolute Gasteiger partial charge is 0.293 e. The highest BCUT2D eigenvalue weighted by atomic mass is 16.5. The zero-order chi connectivity index (χ0) is 19.9. The van der Waals surface area contributed by atoms with Gasteiger partial charge in [0.1, 0.15) is 11.9 Å². The molecule has 2 aromatic carbocycles. The molecule has 3 rings (SSSR count). The van der Waals surface area contributed by atoms with E-state index in [4.69, 9.17) is 9.47 Å². The van der Waals surface area contributed by atoms with Gasteiger partial charge in [-0.15, -0.1) is 0 Å². The first kappa shape index (κ1) is 20.2. The van der Waals surface area contributed by atoms with E-state index in [1.807, 2.05) is 12.1 Å². The van der Waals surface area contributed by atoms with Crippen molar-refractivity contribution in [1.29, 1.82) is 0 Å². The van der Waals surface area contributed by atoms with Crippen molar-refractivity contribution in [2.75, 3.05) is 44.7 Å². The lowest BCUT2D eigenvalue weighted by Crippen LogP contribution is -2.46. The lowest BCUT2D eigenvalue weighted by Gasteiger charge is -2.36. The summed E-state index contributed by atoms with van der Waals surface area (Å²) in [6.07, 6.45) is 0.628. The Morgan fingerprint density at radius 1 is 1.04 bits per heavy atom. The topological polar surface area (TPSA) is 42.0 Å². The summed E-state index contributed by atoms with van der Waals surface area (Å²) in [5.74, 6) is 0.884. The van der Waals surface area contributed by atoms with Crippen LogP contribution in [0.15, 0.2) is 42.5 Å². The Labute approximate surface area is 167 Å². The number of anilines is 1. The van der Waals surface area contributed by atoms with Gasteiger partial charge in [0.2, 0.25) is 0 Å². The van der Waals surface area contributed by atoms with E-state index < -0.39 is 0 Å². The average Bonchev–Trinajstić information content (AvgIpc) is 2.73. The maximum Gasteiger partial charge on any atom is 0.293 e. The van der Waals surface area contributed by atoms with Gasteiger partial charge in [-0.25, -0.2) is 0 Å². The molecule has 0 aliphatic carbocycles. The highest BCUT2D eigenvalue weighted by Crippen LogP contribution is 2.26. The Kier molecular flexibility index (Phi) is 6.93. The number of hydrogen-bond donors (Lipinski definition) is 0. The molecule has 2 aromatic rings. The molecule has 1 saturated heterocycles. The van der Waals surface area contributed by atoms with E-state index in [9.17, 15) is 4.79 Å². The standard InChI is InChI=1S/C23H30N2O3/c1-18-4-5-19(2)22(16-18)23(28-17-26)10-11-24-12-14-25(15-13-24)20-6-8-21(27-3)9-7-20/h4-9,16-17,23H,10-15H2,1-3H3. The van der Waals surface area contributed by atoms with Crippen LogP contribution in [-0.4, -0.2) is 51.2 Å². The van der Waals surface area contributed by atoms with Crippen molar-refractivity contribution in [3.63, 3.8) is 0 Å². The Hall–Kier alpha value is -2.53. The van der Waals surface area contributed by atoms with Crippen LogP contribution >= 0.6 is 0 Å². The van der Waals surface area contributed by atoms with Gasteiger partial charge >= 0.3 is 0 Å². The van der Waals surface area contributed by atoms with Crippen LogP contribution < -0.4 is 9.64 Å². The lowest BCUT2D eigenvalue weighted by molar-refractivity contribution is -0.134. The van der Waals surface area contributed by atoms with Gasteiger partial charge in [0.25, 0.3) is 6.47 Å².